The molecule has 1 aromatic heterocycles. The third-order valence-corrected chi connectivity index (χ3v) is 3.57. The predicted molar refractivity (Wildman–Crippen MR) is 67.3 cm³/mol. The SMILES string of the molecule is Cn1ccnc1SCC(N)c1ccccc1. The van der Waals surface area contributed by atoms with Crippen LogP contribution in [0.25, 0.3) is 0 Å². The zero-order chi connectivity index (χ0) is 11.4. The number of benzene rings is 1. The Hall–Kier alpha value is -1.26. The maximum Gasteiger partial charge on any atom is 0.167 e. The molecule has 0 fully saturated rings. The standard InChI is InChI=1S/C12H15N3S/c1-15-8-7-14-12(15)16-9-11(13)10-5-3-2-4-6-10/h2-8,11H,9,13H2,1H3. The Morgan fingerprint density at radius 2 is 2.12 bits per heavy atom. The molecule has 0 aliphatic carbocycles. The van der Waals surface area contributed by atoms with Gasteiger partial charge in [-0.3, -0.25) is 0 Å². The molecule has 0 saturated carbocycles. The van der Waals surface area contributed by atoms with E-state index in [-0.39, 0.29) is 6.04 Å². The van der Waals surface area contributed by atoms with Gasteiger partial charge in [-0.25, -0.2) is 4.98 Å². The van der Waals surface area contributed by atoms with Crippen LogP contribution in [-0.4, -0.2) is 15.3 Å². The molecule has 0 saturated heterocycles. The summed E-state index contributed by atoms with van der Waals surface area (Å²) in [6.07, 6.45) is 3.74. The van der Waals surface area contributed by atoms with Gasteiger partial charge in [-0.1, -0.05) is 42.1 Å². The van der Waals surface area contributed by atoms with E-state index in [1.54, 1.807) is 18.0 Å². The number of rotatable bonds is 4. The summed E-state index contributed by atoms with van der Waals surface area (Å²) in [4.78, 5) is 4.25. The highest BCUT2D eigenvalue weighted by molar-refractivity contribution is 7.99. The largest absolute Gasteiger partial charge is 0.329 e. The number of imidazole rings is 1. The van der Waals surface area contributed by atoms with Crippen molar-refractivity contribution in [1.29, 1.82) is 0 Å². The lowest BCUT2D eigenvalue weighted by molar-refractivity contribution is 0.779. The van der Waals surface area contributed by atoms with Crippen molar-refractivity contribution >= 4 is 11.8 Å². The summed E-state index contributed by atoms with van der Waals surface area (Å²) < 4.78 is 2.00. The summed E-state index contributed by atoms with van der Waals surface area (Å²) in [5, 5.41) is 1.01. The molecular formula is C12H15N3S. The third kappa shape index (κ3) is 2.65. The molecule has 16 heavy (non-hydrogen) atoms. The first-order chi connectivity index (χ1) is 7.77. The predicted octanol–water partition coefficient (Wildman–Crippen LogP) is 2.21. The van der Waals surface area contributed by atoms with Crippen molar-refractivity contribution in [3.8, 4) is 0 Å². The molecule has 0 radical (unpaired) electrons. The molecule has 2 aromatic rings. The van der Waals surface area contributed by atoms with Gasteiger partial charge in [0, 0.05) is 31.2 Å². The van der Waals surface area contributed by atoms with Crippen molar-refractivity contribution in [2.24, 2.45) is 12.8 Å². The zero-order valence-corrected chi connectivity index (χ0v) is 10.0. The van der Waals surface area contributed by atoms with Gasteiger partial charge in [-0.05, 0) is 5.56 Å². The first-order valence-electron chi connectivity index (χ1n) is 5.18. The monoisotopic (exact) mass is 233 g/mol. The Kier molecular flexibility index (Phi) is 3.64. The van der Waals surface area contributed by atoms with Crippen LogP contribution in [0.4, 0.5) is 0 Å². The number of thioether (sulfide) groups is 1. The fourth-order valence-corrected chi connectivity index (χ4v) is 2.37. The molecule has 1 unspecified atom stereocenters. The van der Waals surface area contributed by atoms with Gasteiger partial charge in [0.15, 0.2) is 5.16 Å². The van der Waals surface area contributed by atoms with Crippen LogP contribution in [-0.2, 0) is 7.05 Å². The Morgan fingerprint density at radius 1 is 1.38 bits per heavy atom. The van der Waals surface area contributed by atoms with E-state index in [0.717, 1.165) is 10.9 Å². The van der Waals surface area contributed by atoms with Crippen LogP contribution in [0.3, 0.4) is 0 Å². The van der Waals surface area contributed by atoms with Crippen molar-refractivity contribution < 1.29 is 0 Å². The number of aryl methyl sites for hydroxylation is 1. The summed E-state index contributed by atoms with van der Waals surface area (Å²) in [5.41, 5.74) is 7.27. The molecule has 2 N–H and O–H groups in total. The lowest BCUT2D eigenvalue weighted by Crippen LogP contribution is -2.13. The number of nitrogens with zero attached hydrogens (tertiary/aromatic N) is 2. The minimum absolute atomic E-state index is 0.0582. The number of hydrogen-bond donors (Lipinski definition) is 1. The molecule has 1 heterocycles. The van der Waals surface area contributed by atoms with Gasteiger partial charge in [0.25, 0.3) is 0 Å². The lowest BCUT2D eigenvalue weighted by atomic mass is 10.1. The molecule has 0 amide bonds. The summed E-state index contributed by atoms with van der Waals surface area (Å²) in [7, 11) is 1.99. The summed E-state index contributed by atoms with van der Waals surface area (Å²) in [6.45, 7) is 0. The normalized spacial score (nSPS) is 12.6. The fourth-order valence-electron chi connectivity index (χ4n) is 1.45. The van der Waals surface area contributed by atoms with Crippen LogP contribution < -0.4 is 5.73 Å². The topological polar surface area (TPSA) is 43.8 Å². The van der Waals surface area contributed by atoms with E-state index in [1.807, 2.05) is 36.0 Å². The van der Waals surface area contributed by atoms with E-state index in [0.29, 0.717) is 0 Å². The van der Waals surface area contributed by atoms with Gasteiger partial charge in [-0.15, -0.1) is 0 Å². The van der Waals surface area contributed by atoms with Crippen molar-refractivity contribution in [1.82, 2.24) is 9.55 Å². The Morgan fingerprint density at radius 3 is 2.75 bits per heavy atom. The van der Waals surface area contributed by atoms with Crippen LogP contribution in [0, 0.1) is 0 Å². The van der Waals surface area contributed by atoms with Gasteiger partial charge < -0.3 is 10.3 Å². The highest BCUT2D eigenvalue weighted by Gasteiger charge is 2.07. The lowest BCUT2D eigenvalue weighted by Gasteiger charge is -2.10. The Bertz CT molecular complexity index is 439. The molecule has 84 valence electrons. The van der Waals surface area contributed by atoms with E-state index in [9.17, 15) is 0 Å². The van der Waals surface area contributed by atoms with Gasteiger partial charge in [0.1, 0.15) is 0 Å². The fraction of sp³-hybridized carbons (Fsp3) is 0.250. The highest BCUT2D eigenvalue weighted by atomic mass is 32.2. The van der Waals surface area contributed by atoms with Crippen LogP contribution >= 0.6 is 11.8 Å². The van der Waals surface area contributed by atoms with Crippen molar-refractivity contribution in [2.45, 2.75) is 11.2 Å². The first-order valence-corrected chi connectivity index (χ1v) is 6.16. The maximum absolute atomic E-state index is 6.10. The van der Waals surface area contributed by atoms with Crippen molar-refractivity contribution in [3.05, 3.63) is 48.3 Å². The number of nitrogens with two attached hydrogens (primary N) is 1. The third-order valence-electron chi connectivity index (χ3n) is 2.40. The average Bonchev–Trinajstić information content (AvgIpc) is 2.73. The number of hydrogen-bond acceptors (Lipinski definition) is 3. The summed E-state index contributed by atoms with van der Waals surface area (Å²) in [5.74, 6) is 0.842. The Labute approximate surface area is 99.7 Å². The molecule has 3 nitrogen and oxygen atoms in total. The second-order valence-corrected chi connectivity index (χ2v) is 4.64. The average molecular weight is 233 g/mol. The molecule has 4 heteroatoms. The molecule has 1 atom stereocenters. The smallest absolute Gasteiger partial charge is 0.167 e. The van der Waals surface area contributed by atoms with Gasteiger partial charge >= 0.3 is 0 Å². The van der Waals surface area contributed by atoms with Crippen LogP contribution in [0.5, 0.6) is 0 Å². The van der Waals surface area contributed by atoms with E-state index < -0.39 is 0 Å². The second kappa shape index (κ2) is 5.18. The molecule has 2 rings (SSSR count). The van der Waals surface area contributed by atoms with Crippen LogP contribution in [0.1, 0.15) is 11.6 Å². The van der Waals surface area contributed by atoms with Crippen LogP contribution in [0.15, 0.2) is 47.9 Å². The van der Waals surface area contributed by atoms with Crippen molar-refractivity contribution in [3.63, 3.8) is 0 Å². The molecule has 0 spiro atoms. The molecule has 0 bridgehead atoms. The highest BCUT2D eigenvalue weighted by Crippen LogP contribution is 2.21. The van der Waals surface area contributed by atoms with E-state index in [1.165, 1.54) is 5.56 Å². The quantitative estimate of drug-likeness (QED) is 0.823. The molecule has 0 aliphatic rings. The molecule has 0 aliphatic heterocycles. The first kappa shape index (κ1) is 11.2. The molecule has 1 aromatic carbocycles. The van der Waals surface area contributed by atoms with Crippen molar-refractivity contribution in [2.75, 3.05) is 5.75 Å². The zero-order valence-electron chi connectivity index (χ0n) is 9.21. The summed E-state index contributed by atoms with van der Waals surface area (Å²) in [6, 6.07) is 10.2. The Balaban J connectivity index is 1.94. The minimum atomic E-state index is 0.0582. The number of aromatic nitrogens is 2. The summed E-state index contributed by atoms with van der Waals surface area (Å²) >= 11 is 1.68. The van der Waals surface area contributed by atoms with Gasteiger partial charge in [-0.2, -0.15) is 0 Å². The van der Waals surface area contributed by atoms with Gasteiger partial charge in [0.2, 0.25) is 0 Å². The molecular weight excluding hydrogens is 218 g/mol. The second-order valence-electron chi connectivity index (χ2n) is 3.65. The van der Waals surface area contributed by atoms with Crippen LogP contribution in [0.2, 0.25) is 0 Å². The van der Waals surface area contributed by atoms with E-state index in [4.69, 9.17) is 5.73 Å². The van der Waals surface area contributed by atoms with Gasteiger partial charge in [0.05, 0.1) is 0 Å². The van der Waals surface area contributed by atoms with E-state index in [2.05, 4.69) is 17.1 Å². The maximum atomic E-state index is 6.10. The van der Waals surface area contributed by atoms with E-state index >= 15 is 0 Å². The minimum Gasteiger partial charge on any atom is -0.329 e.